The highest BCUT2D eigenvalue weighted by Gasteiger charge is 2.18. The van der Waals surface area contributed by atoms with Crippen LogP contribution in [0.15, 0.2) is 30.1 Å². The molecule has 2 atom stereocenters. The van der Waals surface area contributed by atoms with E-state index in [1.165, 1.54) is 12.1 Å². The summed E-state index contributed by atoms with van der Waals surface area (Å²) in [5.74, 6) is 0.0796. The zero-order valence-corrected chi connectivity index (χ0v) is 9.71. The number of rotatable bonds is 3. The number of nitrogens with one attached hydrogen (secondary N) is 1. The molecule has 17 heavy (non-hydrogen) atoms. The molecule has 0 aliphatic carbocycles. The van der Waals surface area contributed by atoms with E-state index < -0.39 is 11.6 Å². The fraction of sp³-hybridized carbons (Fsp3) is 0.385. The van der Waals surface area contributed by atoms with Crippen LogP contribution >= 0.6 is 0 Å². The maximum absolute atomic E-state index is 13.1. The second-order valence-corrected chi connectivity index (χ2v) is 4.60. The van der Waals surface area contributed by atoms with Gasteiger partial charge in [0, 0.05) is 12.6 Å². The van der Waals surface area contributed by atoms with Gasteiger partial charge in [0.15, 0.2) is 0 Å². The molecule has 92 valence electrons. The van der Waals surface area contributed by atoms with Gasteiger partial charge in [-0.05, 0) is 42.0 Å². The van der Waals surface area contributed by atoms with Gasteiger partial charge in [-0.15, -0.1) is 0 Å². The maximum Gasteiger partial charge on any atom is 0.126 e. The summed E-state index contributed by atoms with van der Waals surface area (Å²) in [6.07, 6.45) is 2.79. The lowest BCUT2D eigenvalue weighted by molar-refractivity contribution is 0.526. The van der Waals surface area contributed by atoms with Crippen molar-refractivity contribution in [3.8, 4) is 0 Å². The minimum Gasteiger partial charge on any atom is -0.386 e. The summed E-state index contributed by atoms with van der Waals surface area (Å²) in [6, 6.07) is 3.68. The van der Waals surface area contributed by atoms with E-state index in [9.17, 15) is 8.78 Å². The number of hydrogen-bond acceptors (Lipinski definition) is 2. The van der Waals surface area contributed by atoms with Crippen LogP contribution in [0.3, 0.4) is 0 Å². The number of nitrogens with two attached hydrogens (primary N) is 1. The van der Waals surface area contributed by atoms with Gasteiger partial charge >= 0.3 is 0 Å². The van der Waals surface area contributed by atoms with E-state index >= 15 is 0 Å². The standard InChI is InChI=1S/C13H16F2N2/c1-8(2-9-3-13(16)17-7-9)10-4-11(14)6-12(15)5-10/h3-6,8-9,17H,2,7,16H2,1H3/t8?,9-/m0/s1. The van der Waals surface area contributed by atoms with Gasteiger partial charge in [0.1, 0.15) is 11.6 Å². The van der Waals surface area contributed by atoms with Crippen molar-refractivity contribution in [1.29, 1.82) is 0 Å². The Kier molecular flexibility index (Phi) is 3.31. The van der Waals surface area contributed by atoms with Crippen molar-refractivity contribution in [2.75, 3.05) is 6.54 Å². The van der Waals surface area contributed by atoms with Crippen molar-refractivity contribution in [2.45, 2.75) is 19.3 Å². The van der Waals surface area contributed by atoms with Gasteiger partial charge in [-0.25, -0.2) is 8.78 Å². The molecule has 1 aliphatic heterocycles. The van der Waals surface area contributed by atoms with E-state index in [1.807, 2.05) is 13.0 Å². The Morgan fingerprint density at radius 1 is 1.35 bits per heavy atom. The van der Waals surface area contributed by atoms with Crippen molar-refractivity contribution in [2.24, 2.45) is 11.7 Å². The number of halogens is 2. The molecule has 0 aromatic heterocycles. The van der Waals surface area contributed by atoms with E-state index in [1.54, 1.807) is 0 Å². The number of benzene rings is 1. The highest BCUT2D eigenvalue weighted by molar-refractivity contribution is 5.22. The minimum absolute atomic E-state index is 0.106. The molecule has 0 saturated heterocycles. The summed E-state index contributed by atoms with van der Waals surface area (Å²) in [7, 11) is 0. The number of hydrogen-bond donors (Lipinski definition) is 2. The van der Waals surface area contributed by atoms with Crippen molar-refractivity contribution in [1.82, 2.24) is 5.32 Å². The SMILES string of the molecule is CC(C[C@H]1C=C(N)NC1)c1cc(F)cc(F)c1. The van der Waals surface area contributed by atoms with Gasteiger partial charge in [-0.2, -0.15) is 0 Å². The third kappa shape index (κ3) is 2.96. The van der Waals surface area contributed by atoms with Gasteiger partial charge in [-0.3, -0.25) is 0 Å². The summed E-state index contributed by atoms with van der Waals surface area (Å²) in [5, 5.41) is 3.04. The van der Waals surface area contributed by atoms with Crippen molar-refractivity contribution in [3.63, 3.8) is 0 Å². The van der Waals surface area contributed by atoms with Gasteiger partial charge < -0.3 is 11.1 Å². The first-order valence-electron chi connectivity index (χ1n) is 5.72. The molecule has 3 N–H and O–H groups in total. The zero-order chi connectivity index (χ0) is 12.4. The molecule has 1 aromatic carbocycles. The van der Waals surface area contributed by atoms with Crippen LogP contribution in [0.4, 0.5) is 8.78 Å². The molecule has 2 nitrogen and oxygen atoms in total. The molecular formula is C13H16F2N2. The quantitative estimate of drug-likeness (QED) is 0.849. The first kappa shape index (κ1) is 11.9. The predicted molar refractivity (Wildman–Crippen MR) is 63.2 cm³/mol. The monoisotopic (exact) mass is 238 g/mol. The maximum atomic E-state index is 13.1. The Labute approximate surface area is 99.5 Å². The third-order valence-electron chi connectivity index (χ3n) is 3.09. The molecule has 1 heterocycles. The Balaban J connectivity index is 2.06. The Hall–Kier alpha value is -1.58. The lowest BCUT2D eigenvalue weighted by Gasteiger charge is -2.15. The van der Waals surface area contributed by atoms with Gasteiger partial charge in [0.05, 0.1) is 5.82 Å². The van der Waals surface area contributed by atoms with E-state index in [2.05, 4.69) is 5.32 Å². The van der Waals surface area contributed by atoms with Crippen LogP contribution in [-0.2, 0) is 0 Å². The van der Waals surface area contributed by atoms with Crippen LogP contribution < -0.4 is 11.1 Å². The van der Waals surface area contributed by atoms with E-state index in [-0.39, 0.29) is 5.92 Å². The Morgan fingerprint density at radius 3 is 2.53 bits per heavy atom. The third-order valence-corrected chi connectivity index (χ3v) is 3.09. The molecule has 4 heteroatoms. The topological polar surface area (TPSA) is 38.0 Å². The summed E-state index contributed by atoms with van der Waals surface area (Å²) < 4.78 is 26.2. The minimum atomic E-state index is -0.522. The van der Waals surface area contributed by atoms with Crippen LogP contribution in [-0.4, -0.2) is 6.54 Å². The average Bonchev–Trinajstić information content (AvgIpc) is 2.62. The zero-order valence-electron chi connectivity index (χ0n) is 9.71. The summed E-state index contributed by atoms with van der Waals surface area (Å²) >= 11 is 0. The first-order chi connectivity index (χ1) is 8.04. The van der Waals surface area contributed by atoms with Gasteiger partial charge in [0.2, 0.25) is 0 Å². The average molecular weight is 238 g/mol. The molecule has 1 unspecified atom stereocenters. The summed E-state index contributed by atoms with van der Waals surface area (Å²) in [4.78, 5) is 0. The molecule has 0 radical (unpaired) electrons. The van der Waals surface area contributed by atoms with Crippen LogP contribution in [0.2, 0.25) is 0 Å². The summed E-state index contributed by atoms with van der Waals surface area (Å²) in [6.45, 7) is 2.77. The molecule has 0 bridgehead atoms. The van der Waals surface area contributed by atoms with E-state index in [4.69, 9.17) is 5.73 Å². The molecule has 0 spiro atoms. The molecule has 0 saturated carbocycles. The summed E-state index contributed by atoms with van der Waals surface area (Å²) in [5.41, 5.74) is 6.31. The van der Waals surface area contributed by atoms with Crippen molar-refractivity contribution < 1.29 is 8.78 Å². The van der Waals surface area contributed by atoms with Crippen LogP contribution in [0.1, 0.15) is 24.8 Å². The van der Waals surface area contributed by atoms with Gasteiger partial charge in [0.25, 0.3) is 0 Å². The highest BCUT2D eigenvalue weighted by Crippen LogP contribution is 2.26. The predicted octanol–water partition coefficient (Wildman–Crippen LogP) is 2.48. The van der Waals surface area contributed by atoms with Crippen molar-refractivity contribution >= 4 is 0 Å². The molecule has 0 fully saturated rings. The van der Waals surface area contributed by atoms with E-state index in [0.717, 1.165) is 19.0 Å². The Morgan fingerprint density at radius 2 is 2.00 bits per heavy atom. The fourth-order valence-electron chi connectivity index (χ4n) is 2.22. The van der Waals surface area contributed by atoms with Crippen LogP contribution in [0, 0.1) is 17.6 Å². The van der Waals surface area contributed by atoms with Crippen LogP contribution in [0.25, 0.3) is 0 Å². The van der Waals surface area contributed by atoms with E-state index in [0.29, 0.717) is 17.3 Å². The molecule has 1 aliphatic rings. The van der Waals surface area contributed by atoms with Crippen molar-refractivity contribution in [3.05, 3.63) is 47.3 Å². The highest BCUT2D eigenvalue weighted by atomic mass is 19.1. The first-order valence-corrected chi connectivity index (χ1v) is 5.72. The molecule has 0 amide bonds. The molecule has 2 rings (SSSR count). The molecular weight excluding hydrogens is 222 g/mol. The largest absolute Gasteiger partial charge is 0.386 e. The second-order valence-electron chi connectivity index (χ2n) is 4.60. The smallest absolute Gasteiger partial charge is 0.126 e. The second kappa shape index (κ2) is 4.73. The Bertz CT molecular complexity index is 423. The fourth-order valence-corrected chi connectivity index (χ4v) is 2.22. The lowest BCUT2D eigenvalue weighted by atomic mass is 9.90. The van der Waals surface area contributed by atoms with Crippen LogP contribution in [0.5, 0.6) is 0 Å². The molecule has 1 aromatic rings. The lowest BCUT2D eigenvalue weighted by Crippen LogP contribution is -2.17. The van der Waals surface area contributed by atoms with Gasteiger partial charge in [-0.1, -0.05) is 6.92 Å². The normalized spacial score (nSPS) is 20.9.